The Kier molecular flexibility index (Phi) is 4.52. The molecule has 6 heterocycles. The molecule has 7 rings (SSSR count). The molecule has 0 aliphatic rings. The fourth-order valence-electron chi connectivity index (χ4n) is 4.68. The quantitative estimate of drug-likeness (QED) is 0.288. The molecule has 0 aliphatic carbocycles. The number of halogens is 1. The van der Waals surface area contributed by atoms with Crippen molar-refractivity contribution in [2.45, 2.75) is 19.8 Å². The molecule has 0 saturated carbocycles. The highest BCUT2D eigenvalue weighted by atomic mass is 32.1. The zero-order valence-corrected chi connectivity index (χ0v) is 19.9. The Bertz CT molecular complexity index is 2070. The Labute approximate surface area is 206 Å². The highest BCUT2D eigenvalue weighted by molar-refractivity contribution is 7.24. The number of carbonyl (C=O) groups excluding carboxylic acids is 1. The smallest absolute Gasteiger partial charge is 0.232 e. The standard InChI is InChI=1S/C26H18FN7OS/c1-2-4-19(35)34-14-9-13(10-28-11-14)23-22(27)21-17(12-29-23)32-33-25(21)26-30-16-6-3-5-15(24(16)31-26)18-7-8-20(34)36-18/h3,5-12H,2,4H2,1H3,(H,30,31)(H,32,33). The molecule has 1 aromatic carbocycles. The van der Waals surface area contributed by atoms with Gasteiger partial charge >= 0.3 is 0 Å². The number of H-pyrrole nitrogens is 2. The summed E-state index contributed by atoms with van der Waals surface area (Å²) in [6.45, 7) is 1.97. The van der Waals surface area contributed by atoms with Gasteiger partial charge < -0.3 is 4.98 Å². The molecule has 0 saturated heterocycles. The zero-order chi connectivity index (χ0) is 24.4. The predicted molar refractivity (Wildman–Crippen MR) is 140 cm³/mol. The number of imidazole rings is 1. The van der Waals surface area contributed by atoms with Gasteiger partial charge in [0.25, 0.3) is 0 Å². The number of pyridine rings is 2. The number of nitrogens with one attached hydrogen (secondary N) is 2. The van der Waals surface area contributed by atoms with Crippen molar-refractivity contribution in [3.63, 3.8) is 0 Å². The van der Waals surface area contributed by atoms with Crippen molar-refractivity contribution in [2.24, 2.45) is 0 Å². The van der Waals surface area contributed by atoms with Crippen molar-refractivity contribution >= 4 is 81.7 Å². The summed E-state index contributed by atoms with van der Waals surface area (Å²) in [6, 6.07) is 11.5. The van der Waals surface area contributed by atoms with Gasteiger partial charge in [-0.25, -0.2) is 9.37 Å². The minimum atomic E-state index is -0.532. The lowest BCUT2D eigenvalue weighted by molar-refractivity contribution is 0.0912. The fraction of sp³-hybridized carbons (Fsp3) is 0.115. The molecule has 0 spiro atoms. The number of hydrogen-bond acceptors (Lipinski definition) is 6. The molecule has 0 aliphatic heterocycles. The van der Waals surface area contributed by atoms with Crippen LogP contribution in [-0.2, 0) is 0 Å². The van der Waals surface area contributed by atoms with Crippen molar-refractivity contribution in [1.29, 1.82) is 0 Å². The average Bonchev–Trinajstić information content (AvgIpc) is 3.62. The highest BCUT2D eigenvalue weighted by Crippen LogP contribution is 2.31. The number of para-hydroxylation sites is 1. The maximum absolute atomic E-state index is 16.0. The van der Waals surface area contributed by atoms with Gasteiger partial charge in [0.05, 0.1) is 39.8 Å². The molecule has 0 radical (unpaired) electrons. The van der Waals surface area contributed by atoms with Gasteiger partial charge in [0.15, 0.2) is 11.5 Å². The van der Waals surface area contributed by atoms with E-state index in [4.69, 9.17) is 4.98 Å². The molecule has 176 valence electrons. The van der Waals surface area contributed by atoms with E-state index < -0.39 is 5.82 Å². The summed E-state index contributed by atoms with van der Waals surface area (Å²) in [5.74, 6) is -0.592. The first kappa shape index (κ1) is 20.9. The van der Waals surface area contributed by atoms with Crippen LogP contribution in [0.5, 0.6) is 0 Å². The minimum Gasteiger partial charge on any atom is -0.337 e. The molecule has 8 nitrogen and oxygen atoms in total. The molecule has 7 aromatic rings. The van der Waals surface area contributed by atoms with E-state index in [0.29, 0.717) is 40.4 Å². The first-order valence-corrected chi connectivity index (χ1v) is 12.3. The number of rotatable bonds is 2. The summed E-state index contributed by atoms with van der Waals surface area (Å²) >= 11 is 1.49. The number of fused-ring (bicyclic) bond motifs is 9. The summed E-state index contributed by atoms with van der Waals surface area (Å²) in [4.78, 5) is 30.9. The second-order valence-electron chi connectivity index (χ2n) is 8.62. The lowest BCUT2D eigenvalue weighted by Crippen LogP contribution is -2.10. The third-order valence-corrected chi connectivity index (χ3v) is 7.43. The van der Waals surface area contributed by atoms with Crippen LogP contribution in [0, 0.1) is 5.82 Å². The lowest BCUT2D eigenvalue weighted by Gasteiger charge is -2.07. The van der Waals surface area contributed by atoms with Crippen LogP contribution < -0.4 is 0 Å². The summed E-state index contributed by atoms with van der Waals surface area (Å²) in [5, 5.41) is 8.91. The van der Waals surface area contributed by atoms with Gasteiger partial charge in [0, 0.05) is 28.1 Å². The van der Waals surface area contributed by atoms with E-state index in [0.717, 1.165) is 25.9 Å². The summed E-state index contributed by atoms with van der Waals surface area (Å²) < 4.78 is 18.6. The van der Waals surface area contributed by atoms with E-state index in [1.54, 1.807) is 29.2 Å². The largest absolute Gasteiger partial charge is 0.337 e. The van der Waals surface area contributed by atoms with Gasteiger partial charge in [0.2, 0.25) is 5.91 Å². The molecule has 0 unspecified atom stereocenters. The molecule has 10 heteroatoms. The number of thiophene rings is 1. The molecule has 0 atom stereocenters. The Balaban J connectivity index is 1.79. The molecule has 6 aromatic heterocycles. The Morgan fingerprint density at radius 1 is 1.08 bits per heavy atom. The van der Waals surface area contributed by atoms with E-state index in [1.807, 2.05) is 37.3 Å². The Morgan fingerprint density at radius 3 is 2.89 bits per heavy atom. The van der Waals surface area contributed by atoms with Gasteiger partial charge in [-0.05, 0) is 30.7 Å². The van der Waals surface area contributed by atoms with E-state index >= 15 is 4.39 Å². The predicted octanol–water partition coefficient (Wildman–Crippen LogP) is 6.41. The lowest BCUT2D eigenvalue weighted by atomic mass is 10.2. The van der Waals surface area contributed by atoms with E-state index in [-0.39, 0.29) is 16.8 Å². The number of aromatic nitrogens is 7. The molecule has 0 fully saturated rings. The van der Waals surface area contributed by atoms with E-state index in [2.05, 4.69) is 25.1 Å². The number of benzene rings is 1. The van der Waals surface area contributed by atoms with Crippen LogP contribution in [0.15, 0.2) is 55.0 Å². The number of nitrogens with zero attached hydrogens (tertiary/aromatic N) is 5. The second-order valence-corrected chi connectivity index (χ2v) is 9.68. The van der Waals surface area contributed by atoms with Crippen LogP contribution in [0.2, 0.25) is 0 Å². The maximum Gasteiger partial charge on any atom is 0.232 e. The van der Waals surface area contributed by atoms with Crippen LogP contribution in [-0.4, -0.2) is 40.6 Å². The summed E-state index contributed by atoms with van der Waals surface area (Å²) in [5.41, 5.74) is 3.53. The second kappa shape index (κ2) is 7.79. The van der Waals surface area contributed by atoms with Crippen molar-refractivity contribution in [3.8, 4) is 0 Å². The SMILES string of the molecule is CCCC(=O)n1c2cncc(c2)c2ncc3[nH]nc(c4nc5c(cccc5c5ccc1s5)[nH]4)c3c2F. The van der Waals surface area contributed by atoms with Crippen molar-refractivity contribution in [1.82, 2.24) is 34.7 Å². The monoisotopic (exact) mass is 495 g/mol. The first-order valence-electron chi connectivity index (χ1n) is 11.5. The maximum atomic E-state index is 16.0. The highest BCUT2D eigenvalue weighted by Gasteiger charge is 2.16. The molecule has 2 N–H and O–H groups in total. The fourth-order valence-corrected chi connectivity index (χ4v) is 5.75. The first-order chi connectivity index (χ1) is 17.6. The summed E-state index contributed by atoms with van der Waals surface area (Å²) in [7, 11) is 0. The van der Waals surface area contributed by atoms with Crippen LogP contribution in [0.1, 0.15) is 24.6 Å². The Hall–Kier alpha value is -4.44. The van der Waals surface area contributed by atoms with E-state index in [9.17, 15) is 4.79 Å². The third-order valence-electron chi connectivity index (χ3n) is 6.33. The zero-order valence-electron chi connectivity index (χ0n) is 19.0. The Morgan fingerprint density at radius 2 is 2.00 bits per heavy atom. The van der Waals surface area contributed by atoms with Crippen LogP contribution in [0.3, 0.4) is 0 Å². The van der Waals surface area contributed by atoms with Gasteiger partial charge in [-0.2, -0.15) is 5.10 Å². The van der Waals surface area contributed by atoms with Crippen molar-refractivity contribution < 1.29 is 9.18 Å². The average molecular weight is 496 g/mol. The molecular weight excluding hydrogens is 477 g/mol. The number of aromatic amines is 2. The van der Waals surface area contributed by atoms with Crippen molar-refractivity contribution in [2.75, 3.05) is 0 Å². The normalized spacial score (nSPS) is 11.9. The number of hydrogen-bond donors (Lipinski definition) is 2. The summed E-state index contributed by atoms with van der Waals surface area (Å²) in [6.07, 6.45) is 5.79. The van der Waals surface area contributed by atoms with Crippen LogP contribution in [0.4, 0.5) is 4.39 Å². The third kappa shape index (κ3) is 3.01. The van der Waals surface area contributed by atoms with Gasteiger partial charge in [0.1, 0.15) is 15.9 Å². The minimum absolute atomic E-state index is 0.0598. The van der Waals surface area contributed by atoms with Gasteiger partial charge in [-0.1, -0.05) is 19.1 Å². The van der Waals surface area contributed by atoms with Crippen LogP contribution in [0.25, 0.3) is 64.4 Å². The molecular formula is C26H18FN7OS. The van der Waals surface area contributed by atoms with Gasteiger partial charge in [-0.15, -0.1) is 11.3 Å². The molecule has 0 amide bonds. The number of carbonyl (C=O) groups is 1. The topological polar surface area (TPSA) is 105 Å². The van der Waals surface area contributed by atoms with E-state index in [1.165, 1.54) is 11.3 Å². The van der Waals surface area contributed by atoms with Crippen LogP contribution >= 0.6 is 11.3 Å². The van der Waals surface area contributed by atoms with Crippen molar-refractivity contribution in [3.05, 3.63) is 60.8 Å². The molecule has 8 bridgehead atoms. The van der Waals surface area contributed by atoms with Gasteiger partial charge in [-0.3, -0.25) is 24.4 Å². The molecule has 36 heavy (non-hydrogen) atoms.